The molecule has 220 valence electrons. The van der Waals surface area contributed by atoms with Crippen LogP contribution >= 0.6 is 22.9 Å². The molecule has 3 heterocycles. The van der Waals surface area contributed by atoms with E-state index >= 15 is 4.39 Å². The fourth-order valence-electron chi connectivity index (χ4n) is 5.44. The number of nitrogens with zero attached hydrogens (tertiary/aromatic N) is 4. The molecule has 4 aromatic rings. The van der Waals surface area contributed by atoms with Gasteiger partial charge in [-0.25, -0.2) is 9.97 Å². The molecule has 43 heavy (non-hydrogen) atoms. The number of pyridine rings is 1. The van der Waals surface area contributed by atoms with Crippen LogP contribution in [0.2, 0.25) is 5.02 Å². The molecule has 1 atom stereocenters. The first-order valence-electron chi connectivity index (χ1n) is 14.1. The van der Waals surface area contributed by atoms with Crippen molar-refractivity contribution in [3.63, 3.8) is 0 Å². The van der Waals surface area contributed by atoms with Crippen LogP contribution in [0.25, 0.3) is 22.4 Å². The Bertz CT molecular complexity index is 1680. The van der Waals surface area contributed by atoms with Crippen LogP contribution in [0, 0.1) is 11.0 Å². The van der Waals surface area contributed by atoms with Gasteiger partial charge in [0.1, 0.15) is 11.5 Å². The average molecular weight is 619 g/mol. The first kappa shape index (κ1) is 28.9. The van der Waals surface area contributed by atoms with Crippen molar-refractivity contribution in [2.45, 2.75) is 44.6 Å². The van der Waals surface area contributed by atoms with Crippen molar-refractivity contribution in [3.05, 3.63) is 82.6 Å². The Kier molecular flexibility index (Phi) is 8.23. The van der Waals surface area contributed by atoms with Gasteiger partial charge in [-0.15, -0.1) is 0 Å². The number of carboxylic acids is 1. The molecule has 0 unspecified atom stereocenters. The number of hydrogen-bond acceptors (Lipinski definition) is 6. The van der Waals surface area contributed by atoms with E-state index < -0.39 is 17.0 Å². The van der Waals surface area contributed by atoms with E-state index in [1.54, 1.807) is 35.4 Å². The van der Waals surface area contributed by atoms with Gasteiger partial charge >= 0.3 is 5.97 Å². The van der Waals surface area contributed by atoms with E-state index in [4.69, 9.17) is 11.6 Å². The maximum Gasteiger partial charge on any atom is 0.304 e. The molecule has 0 spiro atoms. The molecular formula is C32H28ClFN4O4S. The molecule has 11 heteroatoms. The van der Waals surface area contributed by atoms with Gasteiger partial charge in [-0.3, -0.25) is 24.2 Å². The first-order valence-corrected chi connectivity index (χ1v) is 15.3. The molecule has 2 aliphatic rings. The highest BCUT2D eigenvalue weighted by atomic mass is 35.5. The van der Waals surface area contributed by atoms with Crippen LogP contribution < -0.4 is 9.80 Å². The molecule has 2 amide bonds. The molecule has 1 aliphatic heterocycles. The molecule has 1 N–H and O–H groups in total. The fraction of sp³-hybridized carbons (Fsp3) is 0.281. The van der Waals surface area contributed by atoms with Crippen molar-refractivity contribution < 1.29 is 23.9 Å². The van der Waals surface area contributed by atoms with Gasteiger partial charge in [-0.2, -0.15) is 4.39 Å². The van der Waals surface area contributed by atoms with Crippen LogP contribution in [0.1, 0.15) is 37.7 Å². The normalized spacial score (nSPS) is 15.5. The Labute approximate surface area is 256 Å². The second kappa shape index (κ2) is 12.2. The number of carboxylic acid groups (broad SMARTS) is 1. The third-order valence-electron chi connectivity index (χ3n) is 7.67. The van der Waals surface area contributed by atoms with Crippen LogP contribution in [0.5, 0.6) is 0 Å². The first-order chi connectivity index (χ1) is 20.8. The molecular weight excluding hydrogens is 591 g/mol. The number of carbonyl (C=O) groups excluding carboxylic acids is 2. The van der Waals surface area contributed by atoms with Gasteiger partial charge in [-0.05, 0) is 61.1 Å². The second-order valence-corrected chi connectivity index (χ2v) is 12.2. The Morgan fingerprint density at radius 3 is 2.56 bits per heavy atom. The molecule has 2 aromatic heterocycles. The third kappa shape index (κ3) is 6.30. The van der Waals surface area contributed by atoms with Gasteiger partial charge in [0.2, 0.25) is 16.9 Å². The summed E-state index contributed by atoms with van der Waals surface area (Å²) in [7, 11) is 0. The number of amides is 2. The standard InChI is InChI=1S/C32H28ClFN4O4S/c33-22-9-12-24(20-8-13-26(35-18-20)37-14-4-7-27(37)39)25(17-22)29-30(34)43-32(36-29)38(23-10-11-23)31(42)21(16-28(40)41)15-19-5-2-1-3-6-19/h1-3,5-6,8-9,12-13,17-18,21,23H,4,7,10-11,14-16H2,(H,40,41)/t21-/m1/s1. The highest BCUT2D eigenvalue weighted by molar-refractivity contribution is 7.14. The lowest BCUT2D eigenvalue weighted by molar-refractivity contribution is -0.140. The molecule has 2 fully saturated rings. The van der Waals surface area contributed by atoms with E-state index in [-0.39, 0.29) is 41.5 Å². The molecule has 0 radical (unpaired) electrons. The van der Waals surface area contributed by atoms with Crippen molar-refractivity contribution in [1.29, 1.82) is 0 Å². The lowest BCUT2D eigenvalue weighted by Gasteiger charge is -2.24. The summed E-state index contributed by atoms with van der Waals surface area (Å²) in [5, 5.41) is 9.59. The maximum atomic E-state index is 15.7. The summed E-state index contributed by atoms with van der Waals surface area (Å²) in [6.45, 7) is 0.624. The average Bonchev–Trinajstić information content (AvgIpc) is 3.62. The summed E-state index contributed by atoms with van der Waals surface area (Å²) < 4.78 is 15.7. The number of carbonyl (C=O) groups is 3. The summed E-state index contributed by atoms with van der Waals surface area (Å²) in [4.78, 5) is 50.0. The largest absolute Gasteiger partial charge is 0.481 e. The number of halogens is 2. The van der Waals surface area contributed by atoms with E-state index in [1.165, 1.54) is 4.90 Å². The molecule has 6 rings (SSSR count). The summed E-state index contributed by atoms with van der Waals surface area (Å²) in [6, 6.07) is 17.8. The van der Waals surface area contributed by atoms with Gasteiger partial charge < -0.3 is 5.11 Å². The minimum atomic E-state index is -1.08. The van der Waals surface area contributed by atoms with Gasteiger partial charge in [-0.1, -0.05) is 59.3 Å². The van der Waals surface area contributed by atoms with Crippen molar-refractivity contribution in [2.75, 3.05) is 16.3 Å². The number of hydrogen-bond donors (Lipinski definition) is 1. The quantitative estimate of drug-likeness (QED) is 0.214. The molecule has 0 bridgehead atoms. The van der Waals surface area contributed by atoms with E-state index in [0.29, 0.717) is 40.5 Å². The van der Waals surface area contributed by atoms with E-state index in [0.717, 1.165) is 36.2 Å². The zero-order chi connectivity index (χ0) is 30.1. The highest BCUT2D eigenvalue weighted by Gasteiger charge is 2.40. The van der Waals surface area contributed by atoms with Gasteiger partial charge in [0.25, 0.3) is 0 Å². The lowest BCUT2D eigenvalue weighted by atomic mass is 9.94. The number of aliphatic carboxylic acids is 1. The molecule has 1 saturated carbocycles. The zero-order valence-corrected chi connectivity index (χ0v) is 24.7. The number of benzene rings is 2. The van der Waals surface area contributed by atoms with Gasteiger partial charge in [0, 0.05) is 41.4 Å². The predicted octanol–water partition coefficient (Wildman–Crippen LogP) is 6.62. The van der Waals surface area contributed by atoms with Crippen molar-refractivity contribution in [1.82, 2.24) is 9.97 Å². The number of aromatic nitrogens is 2. The van der Waals surface area contributed by atoms with Gasteiger partial charge in [0.15, 0.2) is 5.13 Å². The van der Waals surface area contributed by atoms with Crippen LogP contribution in [-0.2, 0) is 20.8 Å². The SMILES string of the molecule is O=C(O)C[C@@H](Cc1ccccc1)C(=O)N(c1nc(-c2cc(Cl)ccc2-c2ccc(N3CCCC3=O)nc2)c(F)s1)C1CC1. The van der Waals surface area contributed by atoms with E-state index in [9.17, 15) is 19.5 Å². The number of rotatable bonds is 10. The fourth-order valence-corrected chi connectivity index (χ4v) is 6.49. The molecule has 1 aliphatic carbocycles. The summed E-state index contributed by atoms with van der Waals surface area (Å²) in [5.41, 5.74) is 2.67. The monoisotopic (exact) mass is 618 g/mol. The van der Waals surface area contributed by atoms with Crippen LogP contribution in [-0.4, -0.2) is 45.4 Å². The molecule has 2 aromatic carbocycles. The van der Waals surface area contributed by atoms with Crippen LogP contribution in [0.4, 0.5) is 15.3 Å². The van der Waals surface area contributed by atoms with Crippen LogP contribution in [0.3, 0.4) is 0 Å². The minimum Gasteiger partial charge on any atom is -0.481 e. The topological polar surface area (TPSA) is 104 Å². The lowest BCUT2D eigenvalue weighted by Crippen LogP contribution is -2.39. The Morgan fingerprint density at radius 2 is 1.91 bits per heavy atom. The van der Waals surface area contributed by atoms with E-state index in [2.05, 4.69) is 9.97 Å². The van der Waals surface area contributed by atoms with Crippen LogP contribution in [0.15, 0.2) is 66.9 Å². The number of thiazole rings is 1. The predicted molar refractivity (Wildman–Crippen MR) is 164 cm³/mol. The molecule has 1 saturated heterocycles. The summed E-state index contributed by atoms with van der Waals surface area (Å²) >= 11 is 7.12. The van der Waals surface area contributed by atoms with Gasteiger partial charge in [0.05, 0.1) is 12.3 Å². The number of anilines is 2. The maximum absolute atomic E-state index is 15.7. The zero-order valence-electron chi connectivity index (χ0n) is 23.1. The smallest absolute Gasteiger partial charge is 0.304 e. The Hall–Kier alpha value is -4.15. The summed E-state index contributed by atoms with van der Waals surface area (Å²) in [5.74, 6) is -1.68. The Balaban J connectivity index is 1.33. The van der Waals surface area contributed by atoms with Crippen molar-refractivity contribution in [3.8, 4) is 22.4 Å². The van der Waals surface area contributed by atoms with Crippen molar-refractivity contribution >= 4 is 51.7 Å². The third-order valence-corrected chi connectivity index (χ3v) is 8.75. The molecule has 8 nitrogen and oxygen atoms in total. The van der Waals surface area contributed by atoms with E-state index in [1.807, 2.05) is 36.4 Å². The minimum absolute atomic E-state index is 0.0358. The highest BCUT2D eigenvalue weighted by Crippen LogP contribution is 2.42. The Morgan fingerprint density at radius 1 is 1.12 bits per heavy atom. The summed E-state index contributed by atoms with van der Waals surface area (Å²) in [6.07, 6.45) is 4.29. The second-order valence-electron chi connectivity index (χ2n) is 10.8. The van der Waals surface area contributed by atoms with Crippen molar-refractivity contribution in [2.24, 2.45) is 5.92 Å².